The number of hydrogen-bond donors (Lipinski definition) is 2. The third-order valence-corrected chi connectivity index (χ3v) is 4.53. The van der Waals surface area contributed by atoms with E-state index >= 15 is 0 Å². The van der Waals surface area contributed by atoms with Crippen LogP contribution in [0.4, 0.5) is 0 Å². The molecule has 0 heterocycles. The molecular formula is C18H23Cl2NO2S. The van der Waals surface area contributed by atoms with E-state index in [0.717, 1.165) is 18.1 Å². The quantitative estimate of drug-likeness (QED) is 0.604. The van der Waals surface area contributed by atoms with Gasteiger partial charge in [-0.1, -0.05) is 54.1 Å². The van der Waals surface area contributed by atoms with Crippen LogP contribution in [-0.4, -0.2) is 36.7 Å². The molecule has 0 radical (unpaired) electrons. The van der Waals surface area contributed by atoms with E-state index in [-0.39, 0.29) is 19.0 Å². The van der Waals surface area contributed by atoms with Crippen molar-refractivity contribution >= 4 is 35.8 Å². The van der Waals surface area contributed by atoms with Gasteiger partial charge < -0.3 is 15.2 Å². The Kier molecular flexibility index (Phi) is 11.0. The predicted molar refractivity (Wildman–Crippen MR) is 106 cm³/mol. The van der Waals surface area contributed by atoms with Gasteiger partial charge in [0.2, 0.25) is 0 Å². The summed E-state index contributed by atoms with van der Waals surface area (Å²) in [7, 11) is 0. The maximum Gasteiger partial charge on any atom is 0.138 e. The van der Waals surface area contributed by atoms with Crippen molar-refractivity contribution in [2.75, 3.05) is 25.4 Å². The lowest BCUT2D eigenvalue weighted by atomic mass is 10.2. The van der Waals surface area contributed by atoms with Gasteiger partial charge in [-0.05, 0) is 17.7 Å². The molecule has 0 saturated carbocycles. The summed E-state index contributed by atoms with van der Waals surface area (Å²) in [4.78, 5) is 0. The average Bonchev–Trinajstić information content (AvgIpc) is 2.58. The number of rotatable bonds is 10. The Morgan fingerprint density at radius 1 is 1.08 bits per heavy atom. The van der Waals surface area contributed by atoms with E-state index in [4.69, 9.17) is 16.3 Å². The molecular weight excluding hydrogens is 365 g/mol. The topological polar surface area (TPSA) is 41.5 Å². The second kappa shape index (κ2) is 12.5. The van der Waals surface area contributed by atoms with Crippen LogP contribution < -0.4 is 10.1 Å². The largest absolute Gasteiger partial charge is 0.489 e. The Hall–Kier alpha value is -0.910. The van der Waals surface area contributed by atoms with Crippen molar-refractivity contribution in [1.82, 2.24) is 5.32 Å². The summed E-state index contributed by atoms with van der Waals surface area (Å²) in [6, 6.07) is 17.7. The van der Waals surface area contributed by atoms with Gasteiger partial charge >= 0.3 is 0 Å². The lowest BCUT2D eigenvalue weighted by molar-refractivity contribution is 0.107. The van der Waals surface area contributed by atoms with E-state index in [1.54, 1.807) is 12.1 Å². The summed E-state index contributed by atoms with van der Waals surface area (Å²) in [6.45, 7) is 1.60. The molecule has 3 nitrogen and oxygen atoms in total. The predicted octanol–water partition coefficient (Wildman–Crippen LogP) is 4.02. The Labute approximate surface area is 159 Å². The van der Waals surface area contributed by atoms with E-state index < -0.39 is 6.10 Å². The molecule has 24 heavy (non-hydrogen) atoms. The molecule has 2 aromatic carbocycles. The SMILES string of the molecule is Cl.OC(CNCCSCc1ccccc1)COc1ccccc1Cl. The average molecular weight is 388 g/mol. The van der Waals surface area contributed by atoms with Crippen LogP contribution in [0.2, 0.25) is 5.02 Å². The molecule has 1 atom stereocenters. The highest BCUT2D eigenvalue weighted by Gasteiger charge is 2.06. The second-order valence-electron chi connectivity index (χ2n) is 5.14. The monoisotopic (exact) mass is 387 g/mol. The lowest BCUT2D eigenvalue weighted by Crippen LogP contribution is -2.32. The Morgan fingerprint density at radius 2 is 1.79 bits per heavy atom. The molecule has 0 aromatic heterocycles. The van der Waals surface area contributed by atoms with Gasteiger partial charge in [0.05, 0.1) is 5.02 Å². The number of benzene rings is 2. The molecule has 2 rings (SSSR count). The number of nitrogens with one attached hydrogen (secondary N) is 1. The van der Waals surface area contributed by atoms with Gasteiger partial charge in [0.1, 0.15) is 18.5 Å². The number of hydrogen-bond acceptors (Lipinski definition) is 4. The Bertz CT molecular complexity index is 572. The van der Waals surface area contributed by atoms with Crippen LogP contribution in [0.15, 0.2) is 54.6 Å². The summed E-state index contributed by atoms with van der Waals surface area (Å²) in [6.07, 6.45) is -0.551. The zero-order valence-corrected chi connectivity index (χ0v) is 15.7. The summed E-state index contributed by atoms with van der Waals surface area (Å²) in [5.41, 5.74) is 1.34. The fraction of sp³-hybridized carbons (Fsp3) is 0.333. The normalized spacial score (nSPS) is 11.6. The van der Waals surface area contributed by atoms with Crippen LogP contribution in [0.1, 0.15) is 5.56 Å². The summed E-state index contributed by atoms with van der Waals surface area (Å²) >= 11 is 7.87. The number of thioether (sulfide) groups is 1. The minimum atomic E-state index is -0.551. The highest BCUT2D eigenvalue weighted by Crippen LogP contribution is 2.23. The third-order valence-electron chi connectivity index (χ3n) is 3.18. The molecule has 0 aliphatic heterocycles. The molecule has 1 unspecified atom stereocenters. The van der Waals surface area contributed by atoms with Crippen molar-refractivity contribution in [3.05, 3.63) is 65.2 Å². The van der Waals surface area contributed by atoms with Gasteiger partial charge in [-0.25, -0.2) is 0 Å². The minimum Gasteiger partial charge on any atom is -0.489 e. The molecule has 6 heteroatoms. The van der Waals surface area contributed by atoms with Crippen LogP contribution in [0, 0.1) is 0 Å². The molecule has 0 fully saturated rings. The van der Waals surface area contributed by atoms with Gasteiger partial charge in [0, 0.05) is 24.6 Å². The highest BCUT2D eigenvalue weighted by atomic mass is 35.5. The van der Waals surface area contributed by atoms with Crippen LogP contribution in [0.3, 0.4) is 0 Å². The van der Waals surface area contributed by atoms with E-state index in [2.05, 4.69) is 29.6 Å². The number of para-hydroxylation sites is 1. The van der Waals surface area contributed by atoms with Crippen molar-refractivity contribution in [3.63, 3.8) is 0 Å². The van der Waals surface area contributed by atoms with Gasteiger partial charge in [-0.2, -0.15) is 11.8 Å². The minimum absolute atomic E-state index is 0. The number of halogens is 2. The highest BCUT2D eigenvalue weighted by molar-refractivity contribution is 7.98. The first-order chi connectivity index (χ1) is 11.3. The van der Waals surface area contributed by atoms with Crippen LogP contribution >= 0.6 is 35.8 Å². The maximum atomic E-state index is 9.90. The summed E-state index contributed by atoms with van der Waals surface area (Å²) in [5, 5.41) is 13.7. The van der Waals surface area contributed by atoms with Crippen LogP contribution in [0.25, 0.3) is 0 Å². The summed E-state index contributed by atoms with van der Waals surface area (Å²) in [5.74, 6) is 2.62. The molecule has 0 spiro atoms. The number of ether oxygens (including phenoxy) is 1. The van der Waals surface area contributed by atoms with Crippen molar-refractivity contribution in [2.45, 2.75) is 11.9 Å². The van der Waals surface area contributed by atoms with Gasteiger partial charge in [0.25, 0.3) is 0 Å². The van der Waals surface area contributed by atoms with Crippen molar-refractivity contribution < 1.29 is 9.84 Å². The number of aliphatic hydroxyl groups is 1. The fourth-order valence-corrected chi connectivity index (χ4v) is 3.04. The molecule has 0 aliphatic carbocycles. The van der Waals surface area contributed by atoms with Crippen molar-refractivity contribution in [1.29, 1.82) is 0 Å². The van der Waals surface area contributed by atoms with Gasteiger partial charge in [-0.15, -0.1) is 12.4 Å². The third kappa shape index (κ3) is 8.27. The van der Waals surface area contributed by atoms with Gasteiger partial charge in [-0.3, -0.25) is 0 Å². The Balaban J connectivity index is 0.00000288. The maximum absolute atomic E-state index is 9.90. The van der Waals surface area contributed by atoms with Crippen molar-refractivity contribution in [2.24, 2.45) is 0 Å². The molecule has 2 aromatic rings. The fourth-order valence-electron chi connectivity index (χ4n) is 1.98. The molecule has 2 N–H and O–H groups in total. The van der Waals surface area contributed by atoms with E-state index in [1.807, 2.05) is 30.0 Å². The zero-order chi connectivity index (χ0) is 16.3. The molecule has 0 bridgehead atoms. The van der Waals surface area contributed by atoms with Crippen molar-refractivity contribution in [3.8, 4) is 5.75 Å². The molecule has 132 valence electrons. The molecule has 0 saturated heterocycles. The molecule has 0 amide bonds. The lowest BCUT2D eigenvalue weighted by Gasteiger charge is -2.14. The Morgan fingerprint density at radius 3 is 2.54 bits per heavy atom. The summed E-state index contributed by atoms with van der Waals surface area (Å²) < 4.78 is 5.51. The first-order valence-electron chi connectivity index (χ1n) is 7.63. The van der Waals surface area contributed by atoms with E-state index in [1.165, 1.54) is 5.56 Å². The smallest absolute Gasteiger partial charge is 0.138 e. The molecule has 0 aliphatic rings. The standard InChI is InChI=1S/C18H22ClNO2S.ClH/c19-17-8-4-5-9-18(17)22-13-16(21)12-20-10-11-23-14-15-6-2-1-3-7-15;/h1-9,16,20-21H,10-14H2;1H. The first kappa shape index (κ1) is 21.1. The van der Waals surface area contributed by atoms with E-state index in [9.17, 15) is 5.11 Å². The number of aliphatic hydroxyl groups excluding tert-OH is 1. The van der Waals surface area contributed by atoms with Crippen LogP contribution in [0.5, 0.6) is 5.75 Å². The second-order valence-corrected chi connectivity index (χ2v) is 6.65. The van der Waals surface area contributed by atoms with E-state index in [0.29, 0.717) is 17.3 Å². The van der Waals surface area contributed by atoms with Gasteiger partial charge in [0.15, 0.2) is 0 Å². The first-order valence-corrected chi connectivity index (χ1v) is 9.17. The van der Waals surface area contributed by atoms with Crippen LogP contribution in [-0.2, 0) is 5.75 Å². The zero-order valence-electron chi connectivity index (χ0n) is 13.4.